The molecular formula is C19H26IN3O3. The zero-order chi connectivity index (χ0) is 18.1. The molecule has 2 aromatic rings. The first-order chi connectivity index (χ1) is 12.2. The predicted molar refractivity (Wildman–Crippen MR) is 116 cm³/mol. The molecule has 3 N–H and O–H groups in total. The van der Waals surface area contributed by atoms with Gasteiger partial charge in [-0.15, -0.1) is 24.0 Å². The predicted octanol–water partition coefficient (Wildman–Crippen LogP) is 4.00. The Morgan fingerprint density at radius 1 is 1.08 bits per heavy atom. The van der Waals surface area contributed by atoms with Crippen LogP contribution in [-0.2, 0) is 6.54 Å². The van der Waals surface area contributed by atoms with Gasteiger partial charge in [-0.05, 0) is 43.7 Å². The Labute approximate surface area is 171 Å². The van der Waals surface area contributed by atoms with Crippen molar-refractivity contribution in [2.45, 2.75) is 20.4 Å². The van der Waals surface area contributed by atoms with Gasteiger partial charge in [-0.1, -0.05) is 12.1 Å². The van der Waals surface area contributed by atoms with Crippen LogP contribution in [0.25, 0.3) is 0 Å². The Balaban J connectivity index is 0.00000338. The SMILES string of the molecule is CCNC(=NCc1ccc(O)cc1)Nc1ccc(OC)c(OCC)c1.I. The second kappa shape index (κ2) is 11.5. The second-order valence-electron chi connectivity index (χ2n) is 5.29. The highest BCUT2D eigenvalue weighted by molar-refractivity contribution is 14.0. The van der Waals surface area contributed by atoms with Crippen molar-refractivity contribution in [2.75, 3.05) is 25.6 Å². The van der Waals surface area contributed by atoms with Gasteiger partial charge >= 0.3 is 0 Å². The first-order valence-corrected chi connectivity index (χ1v) is 8.30. The molecule has 0 saturated carbocycles. The van der Waals surface area contributed by atoms with Crippen molar-refractivity contribution in [1.29, 1.82) is 0 Å². The van der Waals surface area contributed by atoms with Crippen molar-refractivity contribution in [3.63, 3.8) is 0 Å². The molecule has 0 heterocycles. The molecule has 0 atom stereocenters. The maximum atomic E-state index is 9.34. The minimum Gasteiger partial charge on any atom is -0.508 e. The zero-order valence-electron chi connectivity index (χ0n) is 15.3. The van der Waals surface area contributed by atoms with Gasteiger partial charge in [-0.3, -0.25) is 0 Å². The summed E-state index contributed by atoms with van der Waals surface area (Å²) in [7, 11) is 1.62. The van der Waals surface area contributed by atoms with Crippen LogP contribution >= 0.6 is 24.0 Å². The number of anilines is 1. The third-order valence-electron chi connectivity index (χ3n) is 3.43. The summed E-state index contributed by atoms with van der Waals surface area (Å²) in [5, 5.41) is 15.8. The molecule has 0 bridgehead atoms. The number of rotatable bonds is 7. The number of halogens is 1. The number of nitrogens with zero attached hydrogens (tertiary/aromatic N) is 1. The molecule has 0 aliphatic heterocycles. The van der Waals surface area contributed by atoms with Crippen molar-refractivity contribution in [1.82, 2.24) is 5.32 Å². The summed E-state index contributed by atoms with van der Waals surface area (Å²) in [5.74, 6) is 2.30. The summed E-state index contributed by atoms with van der Waals surface area (Å²) >= 11 is 0. The fourth-order valence-electron chi connectivity index (χ4n) is 2.24. The summed E-state index contributed by atoms with van der Waals surface area (Å²) in [6.07, 6.45) is 0. The van der Waals surface area contributed by atoms with E-state index in [4.69, 9.17) is 9.47 Å². The molecular weight excluding hydrogens is 445 g/mol. The highest BCUT2D eigenvalue weighted by atomic mass is 127. The monoisotopic (exact) mass is 471 g/mol. The molecule has 0 fully saturated rings. The van der Waals surface area contributed by atoms with Gasteiger partial charge in [0, 0.05) is 18.3 Å². The molecule has 6 nitrogen and oxygen atoms in total. The fourth-order valence-corrected chi connectivity index (χ4v) is 2.24. The van der Waals surface area contributed by atoms with E-state index >= 15 is 0 Å². The van der Waals surface area contributed by atoms with Crippen molar-refractivity contribution in [3.8, 4) is 17.2 Å². The van der Waals surface area contributed by atoms with Crippen LogP contribution in [0.1, 0.15) is 19.4 Å². The summed E-state index contributed by atoms with van der Waals surface area (Å²) in [6, 6.07) is 12.7. The lowest BCUT2D eigenvalue weighted by Crippen LogP contribution is -2.30. The van der Waals surface area contributed by atoms with Gasteiger partial charge in [0.2, 0.25) is 0 Å². The third-order valence-corrected chi connectivity index (χ3v) is 3.43. The van der Waals surface area contributed by atoms with Gasteiger partial charge in [0.1, 0.15) is 5.75 Å². The van der Waals surface area contributed by atoms with E-state index in [0.717, 1.165) is 17.8 Å². The van der Waals surface area contributed by atoms with Crippen molar-refractivity contribution < 1.29 is 14.6 Å². The number of benzene rings is 2. The lowest BCUT2D eigenvalue weighted by Gasteiger charge is -2.14. The first-order valence-electron chi connectivity index (χ1n) is 8.30. The Kier molecular flexibility index (Phi) is 9.64. The first kappa shape index (κ1) is 21.9. The Hall–Kier alpha value is -2.16. The fraction of sp³-hybridized carbons (Fsp3) is 0.316. The van der Waals surface area contributed by atoms with Crippen LogP contribution in [0.3, 0.4) is 0 Å². The van der Waals surface area contributed by atoms with Crippen LogP contribution in [-0.4, -0.2) is 31.3 Å². The van der Waals surface area contributed by atoms with Crippen molar-refractivity contribution in [3.05, 3.63) is 48.0 Å². The number of ether oxygens (including phenoxy) is 2. The Morgan fingerprint density at radius 3 is 2.42 bits per heavy atom. The minimum absolute atomic E-state index is 0. The number of hydrogen-bond acceptors (Lipinski definition) is 4. The molecule has 0 radical (unpaired) electrons. The van der Waals surface area contributed by atoms with E-state index in [2.05, 4.69) is 15.6 Å². The smallest absolute Gasteiger partial charge is 0.196 e. The van der Waals surface area contributed by atoms with Gasteiger partial charge < -0.3 is 25.2 Å². The van der Waals surface area contributed by atoms with E-state index in [-0.39, 0.29) is 29.7 Å². The molecule has 142 valence electrons. The molecule has 0 aliphatic rings. The average molecular weight is 471 g/mol. The quantitative estimate of drug-likeness (QED) is 0.324. The molecule has 0 aliphatic carbocycles. The number of nitrogens with one attached hydrogen (secondary N) is 2. The van der Waals surface area contributed by atoms with Crippen LogP contribution in [0, 0.1) is 0 Å². The molecule has 2 aromatic carbocycles. The minimum atomic E-state index is 0. The maximum Gasteiger partial charge on any atom is 0.196 e. The van der Waals surface area contributed by atoms with Gasteiger partial charge in [0.05, 0.1) is 20.3 Å². The lowest BCUT2D eigenvalue weighted by atomic mass is 10.2. The molecule has 0 unspecified atom stereocenters. The van der Waals surface area contributed by atoms with Crippen molar-refractivity contribution >= 4 is 35.6 Å². The number of aromatic hydroxyl groups is 1. The third kappa shape index (κ3) is 6.62. The Bertz CT molecular complexity index is 706. The van der Waals surface area contributed by atoms with Gasteiger partial charge in [-0.25, -0.2) is 4.99 Å². The number of aliphatic imine (C=N–C) groups is 1. The van der Waals surface area contributed by atoms with Crippen molar-refractivity contribution in [2.24, 2.45) is 4.99 Å². The Morgan fingerprint density at radius 2 is 1.81 bits per heavy atom. The summed E-state index contributed by atoms with van der Waals surface area (Å²) in [5.41, 5.74) is 1.87. The number of hydrogen-bond donors (Lipinski definition) is 3. The molecule has 7 heteroatoms. The number of phenols is 1. The zero-order valence-corrected chi connectivity index (χ0v) is 17.6. The maximum absolute atomic E-state index is 9.34. The van der Waals surface area contributed by atoms with Crippen LogP contribution in [0.2, 0.25) is 0 Å². The van der Waals surface area contributed by atoms with E-state index in [9.17, 15) is 5.11 Å². The molecule has 2 rings (SSSR count). The highest BCUT2D eigenvalue weighted by Gasteiger charge is 2.07. The number of phenolic OH excluding ortho intramolecular Hbond substituents is 1. The highest BCUT2D eigenvalue weighted by Crippen LogP contribution is 2.30. The average Bonchev–Trinajstić information content (AvgIpc) is 2.62. The van der Waals surface area contributed by atoms with Crippen LogP contribution in [0.15, 0.2) is 47.5 Å². The van der Waals surface area contributed by atoms with E-state index in [1.165, 1.54) is 0 Å². The van der Waals surface area contributed by atoms with Crippen LogP contribution < -0.4 is 20.1 Å². The molecule has 26 heavy (non-hydrogen) atoms. The normalized spacial score (nSPS) is 10.7. The van der Waals surface area contributed by atoms with Gasteiger partial charge in [0.25, 0.3) is 0 Å². The van der Waals surface area contributed by atoms with E-state index < -0.39 is 0 Å². The molecule has 0 amide bonds. The largest absolute Gasteiger partial charge is 0.508 e. The van der Waals surface area contributed by atoms with E-state index in [0.29, 0.717) is 30.6 Å². The number of guanidine groups is 1. The summed E-state index contributed by atoms with van der Waals surface area (Å²) in [4.78, 5) is 4.57. The van der Waals surface area contributed by atoms with Crippen LogP contribution in [0.5, 0.6) is 17.2 Å². The van der Waals surface area contributed by atoms with E-state index in [1.807, 2.05) is 44.2 Å². The summed E-state index contributed by atoms with van der Waals surface area (Å²) in [6.45, 7) is 5.76. The van der Waals surface area contributed by atoms with E-state index in [1.54, 1.807) is 19.2 Å². The summed E-state index contributed by atoms with van der Waals surface area (Å²) < 4.78 is 10.9. The van der Waals surface area contributed by atoms with Crippen LogP contribution in [0.4, 0.5) is 5.69 Å². The van der Waals surface area contributed by atoms with Gasteiger partial charge in [0.15, 0.2) is 17.5 Å². The molecule has 0 saturated heterocycles. The molecule has 0 aromatic heterocycles. The second-order valence-corrected chi connectivity index (χ2v) is 5.29. The molecule has 0 spiro atoms. The standard InChI is InChI=1S/C19H25N3O3.HI/c1-4-20-19(21-13-14-6-9-16(23)10-7-14)22-15-8-11-17(24-3)18(12-15)25-5-2;/h6-12,23H,4-5,13H2,1-3H3,(H2,20,21,22);1H. The van der Waals surface area contributed by atoms with Gasteiger partial charge in [-0.2, -0.15) is 0 Å². The number of methoxy groups -OCH3 is 1. The lowest BCUT2D eigenvalue weighted by molar-refractivity contribution is 0.311. The topological polar surface area (TPSA) is 75.1 Å².